The maximum absolute atomic E-state index is 13.2. The van der Waals surface area contributed by atoms with Crippen molar-refractivity contribution in [2.75, 3.05) is 32.8 Å². The molecule has 2 atom stereocenters. The number of carbonyl (C=O) groups is 1. The molecule has 3 aliphatic heterocycles. The highest BCUT2D eigenvalue weighted by atomic mass is 16.5. The van der Waals surface area contributed by atoms with E-state index in [1.807, 2.05) is 0 Å². The van der Waals surface area contributed by atoms with Crippen LogP contribution < -0.4 is 0 Å². The molecular weight excluding hydrogens is 338 g/mol. The van der Waals surface area contributed by atoms with Crippen LogP contribution >= 0.6 is 0 Å². The van der Waals surface area contributed by atoms with E-state index in [9.17, 15) is 4.79 Å². The summed E-state index contributed by atoms with van der Waals surface area (Å²) >= 11 is 0. The van der Waals surface area contributed by atoms with Gasteiger partial charge in [-0.15, -0.1) is 0 Å². The van der Waals surface area contributed by atoms with Crippen molar-refractivity contribution >= 4 is 5.91 Å². The summed E-state index contributed by atoms with van der Waals surface area (Å²) in [4.78, 5) is 17.9. The zero-order valence-corrected chi connectivity index (χ0v) is 16.0. The Labute approximate surface area is 161 Å². The molecule has 3 heterocycles. The highest BCUT2D eigenvalue weighted by Gasteiger charge is 2.44. The number of hydrogen-bond donors (Lipinski definition) is 0. The highest BCUT2D eigenvalue weighted by molar-refractivity contribution is 5.95. The number of likely N-dealkylation sites (tertiary alicyclic amines) is 2. The molecule has 1 amide bonds. The van der Waals surface area contributed by atoms with E-state index >= 15 is 0 Å². The second-order valence-corrected chi connectivity index (χ2v) is 8.26. The first-order valence-electron chi connectivity index (χ1n) is 10.4. The zero-order valence-electron chi connectivity index (χ0n) is 16.0. The van der Waals surface area contributed by atoms with Crippen LogP contribution in [0.1, 0.15) is 60.9 Å². The van der Waals surface area contributed by atoms with Crippen LogP contribution in [0, 0.1) is 11.3 Å². The van der Waals surface area contributed by atoms with Crippen LogP contribution in [0.15, 0.2) is 24.3 Å². The molecule has 3 aliphatic rings. The van der Waals surface area contributed by atoms with Gasteiger partial charge in [0, 0.05) is 37.3 Å². The third-order valence-corrected chi connectivity index (χ3v) is 6.60. The Kier molecular flexibility index (Phi) is 5.47. The summed E-state index contributed by atoms with van der Waals surface area (Å²) in [6.45, 7) is 4.97. The fraction of sp³-hybridized carbons (Fsp3) is 0.636. The van der Waals surface area contributed by atoms with Crippen LogP contribution in [-0.4, -0.2) is 60.1 Å². The average Bonchev–Trinajstić information content (AvgIpc) is 3.30. The molecule has 1 spiro atoms. The Balaban J connectivity index is 1.44. The third-order valence-electron chi connectivity index (χ3n) is 6.60. The van der Waals surface area contributed by atoms with Crippen LogP contribution in [0.2, 0.25) is 0 Å². The Morgan fingerprint density at radius 2 is 1.89 bits per heavy atom. The number of nitrogens with zero attached hydrogens (tertiary/aromatic N) is 3. The van der Waals surface area contributed by atoms with Crippen molar-refractivity contribution in [3.05, 3.63) is 35.4 Å². The van der Waals surface area contributed by atoms with E-state index in [1.54, 1.807) is 24.3 Å². The van der Waals surface area contributed by atoms with Gasteiger partial charge in [0.05, 0.1) is 17.7 Å². The van der Waals surface area contributed by atoms with Crippen molar-refractivity contribution in [2.45, 2.75) is 56.6 Å². The van der Waals surface area contributed by atoms with Gasteiger partial charge in [0.15, 0.2) is 0 Å². The third kappa shape index (κ3) is 3.88. The van der Waals surface area contributed by atoms with Gasteiger partial charge in [-0.25, -0.2) is 0 Å². The quantitative estimate of drug-likeness (QED) is 0.823. The molecule has 0 saturated carbocycles. The van der Waals surface area contributed by atoms with E-state index < -0.39 is 0 Å². The first kappa shape index (κ1) is 18.5. The van der Waals surface area contributed by atoms with Crippen molar-refractivity contribution < 1.29 is 9.53 Å². The van der Waals surface area contributed by atoms with Gasteiger partial charge in [-0.1, -0.05) is 0 Å². The Hall–Kier alpha value is -1.90. The lowest BCUT2D eigenvalue weighted by Gasteiger charge is -2.38. The molecule has 5 heteroatoms. The standard InChI is InChI=1S/C22H29N3O2/c23-16-18-5-7-19(8-6-18)21(26)25-13-3-10-22(25)9-2-12-24(14-11-22)17-20-4-1-15-27-20/h5-8,20H,1-4,9-15,17H2/t20-,22-/m1/s1. The van der Waals surface area contributed by atoms with E-state index in [0.29, 0.717) is 17.2 Å². The molecule has 5 nitrogen and oxygen atoms in total. The van der Waals surface area contributed by atoms with Gasteiger partial charge in [0.2, 0.25) is 0 Å². The molecule has 3 fully saturated rings. The minimum Gasteiger partial charge on any atom is -0.377 e. The number of rotatable bonds is 3. The topological polar surface area (TPSA) is 56.6 Å². The largest absolute Gasteiger partial charge is 0.377 e. The van der Waals surface area contributed by atoms with E-state index in [2.05, 4.69) is 15.9 Å². The second-order valence-electron chi connectivity index (χ2n) is 8.26. The maximum atomic E-state index is 13.2. The molecule has 0 aliphatic carbocycles. The smallest absolute Gasteiger partial charge is 0.254 e. The number of benzene rings is 1. The summed E-state index contributed by atoms with van der Waals surface area (Å²) < 4.78 is 5.82. The molecule has 3 saturated heterocycles. The van der Waals surface area contributed by atoms with Gasteiger partial charge in [-0.05, 0) is 75.8 Å². The van der Waals surface area contributed by atoms with E-state index in [4.69, 9.17) is 10.00 Å². The monoisotopic (exact) mass is 367 g/mol. The van der Waals surface area contributed by atoms with Crippen molar-refractivity contribution in [1.82, 2.24) is 9.80 Å². The molecule has 27 heavy (non-hydrogen) atoms. The maximum Gasteiger partial charge on any atom is 0.254 e. The van der Waals surface area contributed by atoms with Crippen LogP contribution in [0.25, 0.3) is 0 Å². The summed E-state index contributed by atoms with van der Waals surface area (Å²) in [6.07, 6.45) is 8.28. The van der Waals surface area contributed by atoms with Crippen LogP contribution in [0.4, 0.5) is 0 Å². The molecule has 4 rings (SSSR count). The van der Waals surface area contributed by atoms with Crippen molar-refractivity contribution in [2.24, 2.45) is 0 Å². The normalized spacial score (nSPS) is 29.0. The van der Waals surface area contributed by atoms with Gasteiger partial charge in [0.25, 0.3) is 5.91 Å². The van der Waals surface area contributed by atoms with Crippen molar-refractivity contribution in [3.63, 3.8) is 0 Å². The fourth-order valence-electron chi connectivity index (χ4n) is 5.11. The van der Waals surface area contributed by atoms with E-state index in [0.717, 1.165) is 64.9 Å². The Morgan fingerprint density at radius 3 is 2.59 bits per heavy atom. The fourth-order valence-corrected chi connectivity index (χ4v) is 5.11. The lowest BCUT2D eigenvalue weighted by atomic mass is 9.87. The molecule has 1 aromatic rings. The number of hydrogen-bond acceptors (Lipinski definition) is 4. The number of nitriles is 1. The molecule has 0 bridgehead atoms. The molecular formula is C22H29N3O2. The molecule has 0 aromatic heterocycles. The first-order valence-corrected chi connectivity index (χ1v) is 10.4. The molecule has 144 valence electrons. The summed E-state index contributed by atoms with van der Waals surface area (Å²) in [5.41, 5.74) is 1.31. The number of ether oxygens (including phenoxy) is 1. The predicted molar refractivity (Wildman–Crippen MR) is 103 cm³/mol. The van der Waals surface area contributed by atoms with Crippen LogP contribution in [-0.2, 0) is 4.74 Å². The molecule has 0 N–H and O–H groups in total. The first-order chi connectivity index (χ1) is 13.2. The minimum absolute atomic E-state index is 0.0102. The van der Waals surface area contributed by atoms with Gasteiger partial charge in [0.1, 0.15) is 0 Å². The van der Waals surface area contributed by atoms with Crippen molar-refractivity contribution in [1.29, 1.82) is 5.26 Å². The lowest BCUT2D eigenvalue weighted by Crippen LogP contribution is -2.48. The van der Waals surface area contributed by atoms with Crippen LogP contribution in [0.3, 0.4) is 0 Å². The Bertz CT molecular complexity index is 705. The summed E-state index contributed by atoms with van der Waals surface area (Å²) in [5.74, 6) is 0.129. The summed E-state index contributed by atoms with van der Waals surface area (Å²) in [5, 5.41) is 8.98. The van der Waals surface area contributed by atoms with Gasteiger partial charge in [-0.3, -0.25) is 4.79 Å². The number of carbonyl (C=O) groups excluding carboxylic acids is 1. The van der Waals surface area contributed by atoms with Gasteiger partial charge < -0.3 is 14.5 Å². The van der Waals surface area contributed by atoms with Crippen LogP contribution in [0.5, 0.6) is 0 Å². The SMILES string of the molecule is N#Cc1ccc(C(=O)N2CCC[C@@]23CCCN(C[C@H]2CCCO2)CC3)cc1. The molecule has 1 aromatic carbocycles. The van der Waals surface area contributed by atoms with E-state index in [1.165, 1.54) is 12.8 Å². The van der Waals surface area contributed by atoms with Crippen molar-refractivity contribution in [3.8, 4) is 6.07 Å². The van der Waals surface area contributed by atoms with E-state index in [-0.39, 0.29) is 11.4 Å². The minimum atomic E-state index is 0.0102. The lowest BCUT2D eigenvalue weighted by molar-refractivity contribution is 0.0536. The summed E-state index contributed by atoms with van der Waals surface area (Å²) in [6, 6.07) is 9.20. The summed E-state index contributed by atoms with van der Waals surface area (Å²) in [7, 11) is 0. The zero-order chi connectivity index (χ0) is 18.7. The molecule has 0 radical (unpaired) electrons. The Morgan fingerprint density at radius 1 is 1.11 bits per heavy atom. The predicted octanol–water partition coefficient (Wildman–Crippen LogP) is 3.20. The van der Waals surface area contributed by atoms with Gasteiger partial charge in [-0.2, -0.15) is 5.26 Å². The highest BCUT2D eigenvalue weighted by Crippen LogP contribution is 2.39. The van der Waals surface area contributed by atoms with Gasteiger partial charge >= 0.3 is 0 Å². The average molecular weight is 367 g/mol. The number of amides is 1. The molecule has 0 unspecified atom stereocenters. The second kappa shape index (κ2) is 8.00.